The molecule has 2 N–H and O–H groups in total. The predicted octanol–water partition coefficient (Wildman–Crippen LogP) is 3.36. The first kappa shape index (κ1) is 15.2. The number of pyridine rings is 1. The number of hydrogen-bond acceptors (Lipinski definition) is 3. The van der Waals surface area contributed by atoms with Crippen LogP contribution in [0.25, 0.3) is 0 Å². The molecule has 1 heterocycles. The fourth-order valence-corrected chi connectivity index (χ4v) is 2.14. The number of aromatic nitrogens is 1. The molecule has 0 spiro atoms. The molecular weight excluding hydrogens is 334 g/mol. The minimum absolute atomic E-state index is 0.158. The fourth-order valence-electron chi connectivity index (χ4n) is 1.78. The molecule has 0 saturated heterocycles. The first-order chi connectivity index (χ1) is 9.95. The van der Waals surface area contributed by atoms with Crippen LogP contribution < -0.4 is 10.6 Å². The van der Waals surface area contributed by atoms with Crippen molar-refractivity contribution in [2.75, 3.05) is 10.6 Å². The highest BCUT2D eigenvalue weighted by Crippen LogP contribution is 2.21. The molecule has 6 heteroatoms. The van der Waals surface area contributed by atoms with E-state index in [1.807, 2.05) is 13.0 Å². The van der Waals surface area contributed by atoms with Crippen LogP contribution in [0.4, 0.5) is 11.4 Å². The SMILES string of the molecule is CC(=O)Nc1ccc(C)c(NC(=O)c2ccnc(Br)c2)c1. The number of anilines is 2. The van der Waals surface area contributed by atoms with Crippen LogP contribution in [0.3, 0.4) is 0 Å². The maximum atomic E-state index is 12.2. The normalized spacial score (nSPS) is 10.0. The molecule has 0 aliphatic carbocycles. The number of amides is 2. The molecule has 2 amide bonds. The number of carbonyl (C=O) groups excluding carboxylic acids is 2. The van der Waals surface area contributed by atoms with Crippen molar-refractivity contribution >= 4 is 39.1 Å². The largest absolute Gasteiger partial charge is 0.326 e. The summed E-state index contributed by atoms with van der Waals surface area (Å²) in [5.41, 5.74) is 2.70. The highest BCUT2D eigenvalue weighted by atomic mass is 79.9. The third kappa shape index (κ3) is 4.13. The minimum atomic E-state index is -0.235. The third-order valence-corrected chi connectivity index (χ3v) is 3.23. The van der Waals surface area contributed by atoms with Crippen LogP contribution >= 0.6 is 15.9 Å². The predicted molar refractivity (Wildman–Crippen MR) is 85.4 cm³/mol. The van der Waals surface area contributed by atoms with Crippen LogP contribution in [-0.2, 0) is 4.79 Å². The van der Waals surface area contributed by atoms with Crippen LogP contribution in [0.15, 0.2) is 41.1 Å². The monoisotopic (exact) mass is 347 g/mol. The second-order valence-corrected chi connectivity index (χ2v) is 5.34. The zero-order chi connectivity index (χ0) is 15.4. The lowest BCUT2D eigenvalue weighted by Gasteiger charge is -2.11. The number of nitrogens with zero attached hydrogens (tertiary/aromatic N) is 1. The number of halogens is 1. The molecule has 0 radical (unpaired) electrons. The van der Waals surface area contributed by atoms with Gasteiger partial charge in [0.1, 0.15) is 4.60 Å². The maximum absolute atomic E-state index is 12.2. The number of aryl methyl sites for hydroxylation is 1. The van der Waals surface area contributed by atoms with Gasteiger partial charge in [-0.25, -0.2) is 4.98 Å². The first-order valence-electron chi connectivity index (χ1n) is 6.27. The molecular formula is C15H14BrN3O2. The molecule has 0 unspecified atom stereocenters. The summed E-state index contributed by atoms with van der Waals surface area (Å²) in [6.07, 6.45) is 1.56. The Hall–Kier alpha value is -2.21. The topological polar surface area (TPSA) is 71.1 Å². The molecule has 0 saturated carbocycles. The van der Waals surface area contributed by atoms with Gasteiger partial charge >= 0.3 is 0 Å². The zero-order valence-electron chi connectivity index (χ0n) is 11.6. The van der Waals surface area contributed by atoms with E-state index in [9.17, 15) is 9.59 Å². The lowest BCUT2D eigenvalue weighted by molar-refractivity contribution is -0.114. The van der Waals surface area contributed by atoms with E-state index >= 15 is 0 Å². The van der Waals surface area contributed by atoms with Gasteiger partial charge in [-0.15, -0.1) is 0 Å². The average molecular weight is 348 g/mol. The molecule has 0 fully saturated rings. The molecule has 108 valence electrons. The Bertz CT molecular complexity index is 701. The Kier molecular flexibility index (Phi) is 4.70. The van der Waals surface area contributed by atoms with Crippen LogP contribution in [0.5, 0.6) is 0 Å². The molecule has 0 bridgehead atoms. The van der Waals surface area contributed by atoms with Crippen molar-refractivity contribution < 1.29 is 9.59 Å². The Morgan fingerprint density at radius 1 is 1.14 bits per heavy atom. The Balaban J connectivity index is 2.22. The van der Waals surface area contributed by atoms with Crippen molar-refractivity contribution in [2.45, 2.75) is 13.8 Å². The highest BCUT2D eigenvalue weighted by molar-refractivity contribution is 9.10. The first-order valence-corrected chi connectivity index (χ1v) is 7.06. The smallest absolute Gasteiger partial charge is 0.255 e. The highest BCUT2D eigenvalue weighted by Gasteiger charge is 2.09. The van der Waals surface area contributed by atoms with Gasteiger partial charge in [0.25, 0.3) is 5.91 Å². The summed E-state index contributed by atoms with van der Waals surface area (Å²) in [5, 5.41) is 5.52. The van der Waals surface area contributed by atoms with Crippen molar-refractivity contribution in [1.29, 1.82) is 0 Å². The van der Waals surface area contributed by atoms with E-state index in [1.54, 1.807) is 30.5 Å². The van der Waals surface area contributed by atoms with Gasteiger partial charge in [0, 0.05) is 30.1 Å². The van der Waals surface area contributed by atoms with Crippen molar-refractivity contribution in [2.24, 2.45) is 0 Å². The van der Waals surface area contributed by atoms with Gasteiger partial charge in [-0.05, 0) is 52.7 Å². The summed E-state index contributed by atoms with van der Waals surface area (Å²) in [5.74, 6) is -0.393. The molecule has 1 aromatic heterocycles. The van der Waals surface area contributed by atoms with Gasteiger partial charge < -0.3 is 10.6 Å². The van der Waals surface area contributed by atoms with E-state index in [2.05, 4.69) is 31.5 Å². The van der Waals surface area contributed by atoms with E-state index in [4.69, 9.17) is 0 Å². The van der Waals surface area contributed by atoms with Gasteiger partial charge in [0.2, 0.25) is 5.91 Å². The lowest BCUT2D eigenvalue weighted by Crippen LogP contribution is -2.13. The van der Waals surface area contributed by atoms with Crippen molar-refractivity contribution in [3.8, 4) is 0 Å². The Morgan fingerprint density at radius 2 is 1.90 bits per heavy atom. The van der Waals surface area contributed by atoms with E-state index in [1.165, 1.54) is 6.92 Å². The molecule has 21 heavy (non-hydrogen) atoms. The number of nitrogens with one attached hydrogen (secondary N) is 2. The van der Waals surface area contributed by atoms with Gasteiger partial charge in [0.05, 0.1) is 0 Å². The van der Waals surface area contributed by atoms with Crippen LogP contribution in [0.2, 0.25) is 0 Å². The van der Waals surface area contributed by atoms with E-state index in [-0.39, 0.29) is 11.8 Å². The summed E-state index contributed by atoms with van der Waals surface area (Å²) in [4.78, 5) is 27.3. The number of rotatable bonds is 3. The molecule has 2 aromatic rings. The van der Waals surface area contributed by atoms with Crippen LogP contribution in [0.1, 0.15) is 22.8 Å². The van der Waals surface area contributed by atoms with Gasteiger partial charge in [-0.3, -0.25) is 9.59 Å². The lowest BCUT2D eigenvalue weighted by atomic mass is 10.1. The minimum Gasteiger partial charge on any atom is -0.326 e. The summed E-state index contributed by atoms with van der Waals surface area (Å²) in [6.45, 7) is 3.32. The molecule has 0 atom stereocenters. The Labute approximate surface area is 130 Å². The number of hydrogen-bond donors (Lipinski definition) is 2. The second kappa shape index (κ2) is 6.49. The summed E-state index contributed by atoms with van der Waals surface area (Å²) < 4.78 is 0.596. The average Bonchev–Trinajstić information content (AvgIpc) is 2.42. The quantitative estimate of drug-likeness (QED) is 0.836. The molecule has 0 aliphatic rings. The number of benzene rings is 1. The van der Waals surface area contributed by atoms with Crippen molar-refractivity contribution in [3.05, 3.63) is 52.3 Å². The molecule has 2 rings (SSSR count). The van der Waals surface area contributed by atoms with E-state index in [0.29, 0.717) is 21.5 Å². The van der Waals surface area contributed by atoms with E-state index in [0.717, 1.165) is 5.56 Å². The summed E-state index contributed by atoms with van der Waals surface area (Å²) in [6, 6.07) is 8.62. The third-order valence-electron chi connectivity index (χ3n) is 2.79. The Morgan fingerprint density at radius 3 is 2.57 bits per heavy atom. The van der Waals surface area contributed by atoms with Crippen molar-refractivity contribution in [3.63, 3.8) is 0 Å². The van der Waals surface area contributed by atoms with E-state index < -0.39 is 0 Å². The van der Waals surface area contributed by atoms with Gasteiger partial charge in [-0.1, -0.05) is 6.07 Å². The fraction of sp³-hybridized carbons (Fsp3) is 0.133. The standard InChI is InChI=1S/C15H14BrN3O2/c1-9-3-4-12(18-10(2)20)8-13(9)19-15(21)11-5-6-17-14(16)7-11/h3-8H,1-2H3,(H,18,20)(H,19,21). The maximum Gasteiger partial charge on any atom is 0.255 e. The van der Waals surface area contributed by atoms with Gasteiger partial charge in [0.15, 0.2) is 0 Å². The summed E-state index contributed by atoms with van der Waals surface area (Å²) >= 11 is 3.23. The summed E-state index contributed by atoms with van der Waals surface area (Å²) in [7, 11) is 0. The molecule has 1 aromatic carbocycles. The van der Waals surface area contributed by atoms with Crippen LogP contribution in [0, 0.1) is 6.92 Å². The van der Waals surface area contributed by atoms with Gasteiger partial charge in [-0.2, -0.15) is 0 Å². The van der Waals surface area contributed by atoms with Crippen LogP contribution in [-0.4, -0.2) is 16.8 Å². The molecule has 0 aliphatic heterocycles. The second-order valence-electron chi connectivity index (χ2n) is 4.53. The zero-order valence-corrected chi connectivity index (χ0v) is 13.2. The van der Waals surface area contributed by atoms with Crippen molar-refractivity contribution in [1.82, 2.24) is 4.98 Å². The number of carbonyl (C=O) groups is 2. The molecule has 5 nitrogen and oxygen atoms in total.